The van der Waals surface area contributed by atoms with E-state index in [1.54, 1.807) is 0 Å². The number of nitrogens with zero attached hydrogens (tertiary/aromatic N) is 1. The molecule has 0 aromatic heterocycles. The smallest absolute Gasteiger partial charge is 0.223 e. The van der Waals surface area contributed by atoms with Crippen molar-refractivity contribution in [3.63, 3.8) is 0 Å². The molecule has 1 amide bonds. The number of rotatable bonds is 6. The summed E-state index contributed by atoms with van der Waals surface area (Å²) in [5.41, 5.74) is 7.38. The van der Waals surface area contributed by atoms with Crippen molar-refractivity contribution in [3.05, 3.63) is 35.9 Å². The maximum Gasteiger partial charge on any atom is 0.223 e. The summed E-state index contributed by atoms with van der Waals surface area (Å²) in [6.45, 7) is 3.20. The first-order valence-electron chi connectivity index (χ1n) is 9.37. The Kier molecular flexibility index (Phi) is 6.27. The normalized spacial score (nSPS) is 24.9. The minimum absolute atomic E-state index is 0.204. The third kappa shape index (κ3) is 4.81. The van der Waals surface area contributed by atoms with Gasteiger partial charge in [0.15, 0.2) is 0 Å². The lowest BCUT2D eigenvalue weighted by Crippen LogP contribution is -2.39. The molecule has 2 aliphatic rings. The summed E-state index contributed by atoms with van der Waals surface area (Å²) in [5.74, 6) is 1.20. The minimum Gasteiger partial charge on any atom is -0.381 e. The molecule has 1 aliphatic carbocycles. The third-order valence-electron chi connectivity index (χ3n) is 5.54. The number of hydrogen-bond acceptors (Lipinski definition) is 3. The van der Waals surface area contributed by atoms with Crippen LogP contribution in [0, 0.1) is 11.8 Å². The second kappa shape index (κ2) is 8.63. The molecule has 4 nitrogen and oxygen atoms in total. The van der Waals surface area contributed by atoms with Crippen molar-refractivity contribution >= 4 is 5.91 Å². The Morgan fingerprint density at radius 3 is 2.54 bits per heavy atom. The average molecular weight is 330 g/mol. The van der Waals surface area contributed by atoms with E-state index in [9.17, 15) is 4.79 Å². The van der Waals surface area contributed by atoms with E-state index in [1.165, 1.54) is 5.56 Å². The van der Waals surface area contributed by atoms with Crippen LogP contribution in [0.3, 0.4) is 0 Å². The van der Waals surface area contributed by atoms with Gasteiger partial charge in [0.05, 0.1) is 0 Å². The van der Waals surface area contributed by atoms with Gasteiger partial charge in [-0.05, 0) is 43.1 Å². The van der Waals surface area contributed by atoms with Crippen molar-refractivity contribution in [2.24, 2.45) is 17.6 Å². The van der Waals surface area contributed by atoms with Crippen LogP contribution in [-0.2, 0) is 16.1 Å². The van der Waals surface area contributed by atoms with Crippen molar-refractivity contribution < 1.29 is 9.53 Å². The first kappa shape index (κ1) is 17.4. The van der Waals surface area contributed by atoms with Crippen LogP contribution in [0.2, 0.25) is 0 Å². The van der Waals surface area contributed by atoms with Gasteiger partial charge in [-0.25, -0.2) is 0 Å². The van der Waals surface area contributed by atoms with Gasteiger partial charge in [0, 0.05) is 38.8 Å². The van der Waals surface area contributed by atoms with Crippen molar-refractivity contribution in [3.8, 4) is 0 Å². The highest BCUT2D eigenvalue weighted by atomic mass is 16.5. The van der Waals surface area contributed by atoms with E-state index in [2.05, 4.69) is 17.0 Å². The van der Waals surface area contributed by atoms with E-state index < -0.39 is 0 Å². The van der Waals surface area contributed by atoms with E-state index in [-0.39, 0.29) is 11.9 Å². The zero-order chi connectivity index (χ0) is 16.8. The van der Waals surface area contributed by atoms with E-state index >= 15 is 0 Å². The largest absolute Gasteiger partial charge is 0.381 e. The SMILES string of the molecule is N[C@@H]1CCC[C@H]1CC(=O)N(Cc1ccccc1)CC1CCOCC1. The monoisotopic (exact) mass is 330 g/mol. The average Bonchev–Trinajstić information content (AvgIpc) is 3.01. The lowest BCUT2D eigenvalue weighted by atomic mass is 9.96. The molecular formula is C20H30N2O2. The molecule has 1 heterocycles. The zero-order valence-electron chi connectivity index (χ0n) is 14.5. The Morgan fingerprint density at radius 1 is 1.12 bits per heavy atom. The van der Waals surface area contributed by atoms with Crippen LogP contribution in [0.1, 0.15) is 44.1 Å². The van der Waals surface area contributed by atoms with E-state index in [1.807, 2.05) is 18.2 Å². The Hall–Kier alpha value is -1.39. The molecule has 2 atom stereocenters. The van der Waals surface area contributed by atoms with E-state index in [0.717, 1.165) is 51.9 Å². The molecule has 4 heteroatoms. The van der Waals surface area contributed by atoms with Crippen LogP contribution < -0.4 is 5.73 Å². The molecule has 0 spiro atoms. The van der Waals surface area contributed by atoms with Crippen molar-refractivity contribution in [2.75, 3.05) is 19.8 Å². The van der Waals surface area contributed by atoms with Gasteiger partial charge >= 0.3 is 0 Å². The van der Waals surface area contributed by atoms with Crippen LogP contribution >= 0.6 is 0 Å². The van der Waals surface area contributed by atoms with Crippen molar-refractivity contribution in [1.29, 1.82) is 0 Å². The summed E-state index contributed by atoms with van der Waals surface area (Å²) < 4.78 is 5.46. The Morgan fingerprint density at radius 2 is 1.88 bits per heavy atom. The zero-order valence-corrected chi connectivity index (χ0v) is 14.5. The number of hydrogen-bond donors (Lipinski definition) is 1. The lowest BCUT2D eigenvalue weighted by Gasteiger charge is -2.31. The summed E-state index contributed by atoms with van der Waals surface area (Å²) in [4.78, 5) is 15.0. The third-order valence-corrected chi connectivity index (χ3v) is 5.54. The quantitative estimate of drug-likeness (QED) is 0.872. The first-order valence-corrected chi connectivity index (χ1v) is 9.37. The van der Waals surface area contributed by atoms with Gasteiger partial charge in [-0.3, -0.25) is 4.79 Å². The number of carbonyl (C=O) groups excluding carboxylic acids is 1. The van der Waals surface area contributed by atoms with Gasteiger partial charge in [-0.15, -0.1) is 0 Å². The number of carbonyl (C=O) groups is 1. The van der Waals surface area contributed by atoms with E-state index in [0.29, 0.717) is 24.8 Å². The summed E-state index contributed by atoms with van der Waals surface area (Å²) in [6.07, 6.45) is 6.05. The summed E-state index contributed by atoms with van der Waals surface area (Å²) in [6, 6.07) is 10.5. The fourth-order valence-electron chi connectivity index (χ4n) is 3.97. The summed E-state index contributed by atoms with van der Waals surface area (Å²) >= 11 is 0. The number of amides is 1. The van der Waals surface area contributed by atoms with Crippen LogP contribution in [0.4, 0.5) is 0 Å². The molecule has 1 aromatic rings. The van der Waals surface area contributed by atoms with Gasteiger partial charge < -0.3 is 15.4 Å². The van der Waals surface area contributed by atoms with E-state index in [4.69, 9.17) is 10.5 Å². The standard InChI is InChI=1S/C20H30N2O2/c21-19-8-4-7-18(19)13-20(23)22(14-16-5-2-1-3-6-16)15-17-9-11-24-12-10-17/h1-3,5-6,17-19H,4,7-15,21H2/t18-,19+/m0/s1. The molecule has 3 rings (SSSR count). The predicted molar refractivity (Wildman–Crippen MR) is 95.3 cm³/mol. The Bertz CT molecular complexity index is 514. The molecule has 1 aromatic carbocycles. The van der Waals surface area contributed by atoms with Gasteiger partial charge in [0.2, 0.25) is 5.91 Å². The van der Waals surface area contributed by atoms with Crippen LogP contribution in [-0.4, -0.2) is 36.6 Å². The highest BCUT2D eigenvalue weighted by Crippen LogP contribution is 2.28. The second-order valence-corrected chi connectivity index (χ2v) is 7.37. The van der Waals surface area contributed by atoms with Crippen LogP contribution in [0.15, 0.2) is 30.3 Å². The summed E-state index contributed by atoms with van der Waals surface area (Å²) in [5, 5.41) is 0. The second-order valence-electron chi connectivity index (χ2n) is 7.37. The summed E-state index contributed by atoms with van der Waals surface area (Å²) in [7, 11) is 0. The van der Waals surface area contributed by atoms with Gasteiger partial charge in [0.1, 0.15) is 0 Å². The number of benzene rings is 1. The fourth-order valence-corrected chi connectivity index (χ4v) is 3.97. The number of ether oxygens (including phenoxy) is 1. The molecule has 2 fully saturated rings. The maximum atomic E-state index is 13.0. The highest BCUT2D eigenvalue weighted by molar-refractivity contribution is 5.76. The lowest BCUT2D eigenvalue weighted by molar-refractivity contribution is -0.134. The first-order chi connectivity index (χ1) is 11.7. The van der Waals surface area contributed by atoms with Crippen LogP contribution in [0.5, 0.6) is 0 Å². The Labute approximate surface area is 145 Å². The number of nitrogens with two attached hydrogens (primary N) is 1. The van der Waals surface area contributed by atoms with Crippen LogP contribution in [0.25, 0.3) is 0 Å². The van der Waals surface area contributed by atoms with Crippen molar-refractivity contribution in [2.45, 2.75) is 51.1 Å². The fraction of sp³-hybridized carbons (Fsp3) is 0.650. The molecule has 1 aliphatic heterocycles. The Balaban J connectivity index is 1.64. The molecule has 0 radical (unpaired) electrons. The molecule has 24 heavy (non-hydrogen) atoms. The van der Waals surface area contributed by atoms with Gasteiger partial charge in [0.25, 0.3) is 0 Å². The van der Waals surface area contributed by atoms with Gasteiger partial charge in [-0.2, -0.15) is 0 Å². The molecule has 1 saturated heterocycles. The molecular weight excluding hydrogens is 300 g/mol. The molecule has 1 saturated carbocycles. The molecule has 2 N–H and O–H groups in total. The maximum absolute atomic E-state index is 13.0. The molecule has 0 bridgehead atoms. The molecule has 132 valence electrons. The minimum atomic E-state index is 0.204. The molecule has 0 unspecified atom stereocenters. The highest BCUT2D eigenvalue weighted by Gasteiger charge is 2.29. The van der Waals surface area contributed by atoms with Crippen molar-refractivity contribution in [1.82, 2.24) is 4.90 Å². The topological polar surface area (TPSA) is 55.6 Å². The van der Waals surface area contributed by atoms with Gasteiger partial charge in [-0.1, -0.05) is 36.8 Å². The predicted octanol–water partition coefficient (Wildman–Crippen LogP) is 2.96.